The molecule has 0 aliphatic heterocycles. The first kappa shape index (κ1) is 11.4. The van der Waals surface area contributed by atoms with E-state index < -0.39 is 0 Å². The molecule has 0 heterocycles. The van der Waals surface area contributed by atoms with Crippen molar-refractivity contribution in [1.82, 2.24) is 0 Å². The van der Waals surface area contributed by atoms with E-state index in [1.165, 1.54) is 5.57 Å². The van der Waals surface area contributed by atoms with Crippen molar-refractivity contribution < 1.29 is 0 Å². The van der Waals surface area contributed by atoms with Crippen molar-refractivity contribution >= 4 is 34.0 Å². The molecule has 0 aliphatic carbocycles. The quantitative estimate of drug-likeness (QED) is 0.511. The van der Waals surface area contributed by atoms with Crippen molar-refractivity contribution in [3.8, 4) is 0 Å². The van der Waals surface area contributed by atoms with E-state index in [2.05, 4.69) is 47.8 Å². The van der Waals surface area contributed by atoms with Crippen LogP contribution in [0.25, 0.3) is 0 Å². The van der Waals surface area contributed by atoms with E-state index in [1.807, 2.05) is 18.2 Å². The summed E-state index contributed by atoms with van der Waals surface area (Å²) in [6, 6.07) is 5.88. The maximum absolute atomic E-state index is 5.66. The minimum absolute atomic E-state index is 0.808. The van der Waals surface area contributed by atoms with E-state index >= 15 is 0 Å². The number of nitrogens with two attached hydrogens (primary N) is 1. The second kappa shape index (κ2) is 5.24. The van der Waals surface area contributed by atoms with Crippen LogP contribution in [0.4, 0.5) is 11.4 Å². The van der Waals surface area contributed by atoms with Crippen molar-refractivity contribution in [1.29, 1.82) is 0 Å². The lowest BCUT2D eigenvalue weighted by molar-refractivity contribution is 1.26. The molecule has 3 N–H and O–H groups in total. The number of benzene rings is 1. The van der Waals surface area contributed by atoms with Crippen LogP contribution in [0.15, 0.2) is 29.8 Å². The zero-order valence-electron chi connectivity index (χ0n) is 8.47. The molecule has 1 aromatic carbocycles. The number of anilines is 2. The highest BCUT2D eigenvalue weighted by Crippen LogP contribution is 2.20. The van der Waals surface area contributed by atoms with Gasteiger partial charge in [-0.25, -0.2) is 0 Å². The molecule has 0 aliphatic rings. The van der Waals surface area contributed by atoms with Gasteiger partial charge in [-0.2, -0.15) is 0 Å². The van der Waals surface area contributed by atoms with Gasteiger partial charge < -0.3 is 11.1 Å². The monoisotopic (exact) mass is 302 g/mol. The van der Waals surface area contributed by atoms with Gasteiger partial charge in [-0.1, -0.05) is 11.6 Å². The van der Waals surface area contributed by atoms with Gasteiger partial charge in [0.05, 0.1) is 0 Å². The molecule has 0 bridgehead atoms. The average molecular weight is 302 g/mol. The van der Waals surface area contributed by atoms with E-state index in [1.54, 1.807) is 0 Å². The number of nitrogens with one attached hydrogen (secondary N) is 1. The smallest absolute Gasteiger partial charge is 0.0479 e. The second-order valence-corrected chi connectivity index (χ2v) is 4.56. The van der Waals surface area contributed by atoms with Crippen LogP contribution in [0, 0.1) is 3.57 Å². The van der Waals surface area contributed by atoms with Gasteiger partial charge in [0.15, 0.2) is 0 Å². The Morgan fingerprint density at radius 2 is 2.21 bits per heavy atom. The first-order chi connectivity index (χ1) is 6.59. The molecule has 3 heteroatoms. The van der Waals surface area contributed by atoms with Crippen LogP contribution in [-0.2, 0) is 0 Å². The fourth-order valence-corrected chi connectivity index (χ4v) is 1.77. The summed E-state index contributed by atoms with van der Waals surface area (Å²) in [5.41, 5.74) is 8.93. The molecule has 1 rings (SSSR count). The summed E-state index contributed by atoms with van der Waals surface area (Å²) >= 11 is 2.28. The zero-order valence-corrected chi connectivity index (χ0v) is 10.6. The Bertz CT molecular complexity index is 341. The summed E-state index contributed by atoms with van der Waals surface area (Å²) in [6.45, 7) is 5.05. The summed E-state index contributed by atoms with van der Waals surface area (Å²) < 4.78 is 1.16. The molecule has 0 unspecified atom stereocenters. The SMILES string of the molecule is CC(C)=CCNc1ccc(N)cc1I. The molecule has 0 saturated carbocycles. The highest BCUT2D eigenvalue weighted by molar-refractivity contribution is 14.1. The van der Waals surface area contributed by atoms with Gasteiger partial charge in [0.25, 0.3) is 0 Å². The maximum Gasteiger partial charge on any atom is 0.0479 e. The Hall–Kier alpha value is -0.710. The summed E-state index contributed by atoms with van der Waals surface area (Å²) in [5, 5.41) is 3.33. The molecule has 0 aromatic heterocycles. The normalized spacial score (nSPS) is 9.64. The first-order valence-corrected chi connectivity index (χ1v) is 5.59. The molecule has 0 fully saturated rings. The molecule has 14 heavy (non-hydrogen) atoms. The largest absolute Gasteiger partial charge is 0.399 e. The fourth-order valence-electron chi connectivity index (χ4n) is 1.04. The first-order valence-electron chi connectivity index (χ1n) is 4.52. The van der Waals surface area contributed by atoms with Gasteiger partial charge in [-0.05, 0) is 54.6 Å². The summed E-state index contributed by atoms with van der Waals surface area (Å²) in [6.07, 6.45) is 2.16. The van der Waals surface area contributed by atoms with E-state index in [0.29, 0.717) is 0 Å². The Morgan fingerprint density at radius 1 is 1.50 bits per heavy atom. The molecule has 1 aromatic rings. The summed E-state index contributed by atoms with van der Waals surface area (Å²) in [5.74, 6) is 0. The van der Waals surface area contributed by atoms with Crippen LogP contribution >= 0.6 is 22.6 Å². The Balaban J connectivity index is 2.64. The highest BCUT2D eigenvalue weighted by Gasteiger charge is 1.97. The molecule has 2 nitrogen and oxygen atoms in total. The predicted molar refractivity (Wildman–Crippen MR) is 71.5 cm³/mol. The predicted octanol–water partition coefficient (Wildman–Crippen LogP) is 3.25. The van der Waals surface area contributed by atoms with Crippen LogP contribution in [0.2, 0.25) is 0 Å². The maximum atomic E-state index is 5.66. The molecular weight excluding hydrogens is 287 g/mol. The van der Waals surface area contributed by atoms with Crippen LogP contribution < -0.4 is 11.1 Å². The van der Waals surface area contributed by atoms with Gasteiger partial charge in [-0.15, -0.1) is 0 Å². The molecule has 0 saturated heterocycles. The third-order valence-corrected chi connectivity index (χ3v) is 2.69. The van der Waals surface area contributed by atoms with E-state index in [0.717, 1.165) is 21.5 Å². The average Bonchev–Trinajstić information content (AvgIpc) is 2.08. The Morgan fingerprint density at radius 3 is 2.79 bits per heavy atom. The molecule has 76 valence electrons. The van der Waals surface area contributed by atoms with Gasteiger partial charge in [-0.3, -0.25) is 0 Å². The van der Waals surface area contributed by atoms with Gasteiger partial charge >= 0.3 is 0 Å². The van der Waals surface area contributed by atoms with Gasteiger partial charge in [0.1, 0.15) is 0 Å². The molecule has 0 radical (unpaired) electrons. The standard InChI is InChI=1S/C11H15IN2/c1-8(2)5-6-14-11-4-3-9(13)7-10(11)12/h3-5,7,14H,6,13H2,1-2H3. The third-order valence-electron chi connectivity index (χ3n) is 1.80. The lowest BCUT2D eigenvalue weighted by Crippen LogP contribution is -2.01. The van der Waals surface area contributed by atoms with Crippen LogP contribution in [-0.4, -0.2) is 6.54 Å². The second-order valence-electron chi connectivity index (χ2n) is 3.40. The Labute approximate surface area is 98.7 Å². The zero-order chi connectivity index (χ0) is 10.6. The number of rotatable bonds is 3. The molecule has 0 atom stereocenters. The molecule has 0 amide bonds. The highest BCUT2D eigenvalue weighted by atomic mass is 127. The lowest BCUT2D eigenvalue weighted by Gasteiger charge is -2.07. The van der Waals surface area contributed by atoms with Gasteiger partial charge in [0, 0.05) is 21.5 Å². The van der Waals surface area contributed by atoms with Gasteiger partial charge in [0.2, 0.25) is 0 Å². The number of allylic oxidation sites excluding steroid dienone is 1. The van der Waals surface area contributed by atoms with E-state index in [-0.39, 0.29) is 0 Å². The van der Waals surface area contributed by atoms with Crippen molar-refractivity contribution in [3.05, 3.63) is 33.4 Å². The number of nitrogen functional groups attached to an aromatic ring is 1. The van der Waals surface area contributed by atoms with Crippen molar-refractivity contribution in [3.63, 3.8) is 0 Å². The van der Waals surface area contributed by atoms with Crippen molar-refractivity contribution in [2.45, 2.75) is 13.8 Å². The minimum atomic E-state index is 0.808. The van der Waals surface area contributed by atoms with Crippen molar-refractivity contribution in [2.24, 2.45) is 0 Å². The third kappa shape index (κ3) is 3.57. The number of hydrogen-bond acceptors (Lipinski definition) is 2. The molecular formula is C11H15IN2. The van der Waals surface area contributed by atoms with Crippen LogP contribution in [0.3, 0.4) is 0 Å². The number of halogens is 1. The lowest BCUT2D eigenvalue weighted by atomic mass is 10.2. The van der Waals surface area contributed by atoms with Crippen molar-refractivity contribution in [2.75, 3.05) is 17.6 Å². The van der Waals surface area contributed by atoms with Crippen LogP contribution in [0.1, 0.15) is 13.8 Å². The topological polar surface area (TPSA) is 38.0 Å². The molecule has 0 spiro atoms. The van der Waals surface area contributed by atoms with E-state index in [9.17, 15) is 0 Å². The summed E-state index contributed by atoms with van der Waals surface area (Å²) in [4.78, 5) is 0. The number of hydrogen-bond donors (Lipinski definition) is 2. The Kier molecular flexibility index (Phi) is 4.25. The summed E-state index contributed by atoms with van der Waals surface area (Å²) in [7, 11) is 0. The fraction of sp³-hybridized carbons (Fsp3) is 0.273. The van der Waals surface area contributed by atoms with Crippen LogP contribution in [0.5, 0.6) is 0 Å². The minimum Gasteiger partial charge on any atom is -0.399 e. The van der Waals surface area contributed by atoms with E-state index in [4.69, 9.17) is 5.73 Å².